The molecule has 0 aliphatic carbocycles. The number of carbonyl (C=O) groups is 1. The third-order valence-corrected chi connectivity index (χ3v) is 3.36. The number of ether oxygens (including phenoxy) is 3. The van der Waals surface area contributed by atoms with Crippen LogP contribution in [0.5, 0.6) is 11.5 Å². The minimum atomic E-state index is -0.194. The van der Waals surface area contributed by atoms with Crippen LogP contribution in [0.4, 0.5) is 5.69 Å². The van der Waals surface area contributed by atoms with Crippen LogP contribution < -0.4 is 14.8 Å². The van der Waals surface area contributed by atoms with Crippen LogP contribution >= 0.6 is 0 Å². The summed E-state index contributed by atoms with van der Waals surface area (Å²) in [6, 6.07) is 14.7. The molecule has 0 bridgehead atoms. The first-order valence-electron chi connectivity index (χ1n) is 8.50. The van der Waals surface area contributed by atoms with Crippen LogP contribution in [0.1, 0.15) is 19.4 Å². The largest absolute Gasteiger partial charge is 0.493 e. The predicted octanol–water partition coefficient (Wildman–Crippen LogP) is 4.36. The van der Waals surface area contributed by atoms with E-state index in [9.17, 15) is 4.79 Å². The van der Waals surface area contributed by atoms with Crippen molar-refractivity contribution in [3.63, 3.8) is 0 Å². The molecule has 0 fully saturated rings. The minimum absolute atomic E-state index is 0.194. The van der Waals surface area contributed by atoms with Gasteiger partial charge in [0.05, 0.1) is 6.61 Å². The van der Waals surface area contributed by atoms with E-state index in [0.29, 0.717) is 18.3 Å². The van der Waals surface area contributed by atoms with E-state index in [1.165, 1.54) is 6.08 Å². The summed E-state index contributed by atoms with van der Waals surface area (Å²) in [6.45, 7) is 5.07. The van der Waals surface area contributed by atoms with Gasteiger partial charge < -0.3 is 19.5 Å². The molecule has 0 atom stereocenters. The standard InChI is InChI=1S/C21H25NO4/c1-16(2)14-25-19-11-7-18(8-12-19)22-21(23)13-6-17-4-9-20(10-5-17)26-15-24-3/h4-13,16H,14-15H2,1-3H3,(H,22,23)/b13-6+. The van der Waals surface area contributed by atoms with Gasteiger partial charge in [-0.05, 0) is 54.0 Å². The number of nitrogens with one attached hydrogen (secondary N) is 1. The maximum Gasteiger partial charge on any atom is 0.248 e. The molecule has 5 heteroatoms. The van der Waals surface area contributed by atoms with Gasteiger partial charge in [0.25, 0.3) is 0 Å². The van der Waals surface area contributed by atoms with Crippen LogP contribution in [-0.4, -0.2) is 26.4 Å². The van der Waals surface area contributed by atoms with Crippen molar-refractivity contribution in [3.8, 4) is 11.5 Å². The maximum atomic E-state index is 12.0. The molecule has 0 aliphatic rings. The van der Waals surface area contributed by atoms with Gasteiger partial charge >= 0.3 is 0 Å². The molecule has 0 saturated carbocycles. The lowest BCUT2D eigenvalue weighted by Crippen LogP contribution is -2.08. The number of anilines is 1. The van der Waals surface area contributed by atoms with E-state index in [0.717, 1.165) is 17.0 Å². The highest BCUT2D eigenvalue weighted by molar-refractivity contribution is 6.01. The second kappa shape index (κ2) is 10.3. The predicted molar refractivity (Wildman–Crippen MR) is 103 cm³/mol. The third-order valence-electron chi connectivity index (χ3n) is 3.36. The number of amides is 1. The van der Waals surface area contributed by atoms with Crippen LogP contribution in [0.25, 0.3) is 6.08 Å². The third kappa shape index (κ3) is 6.99. The van der Waals surface area contributed by atoms with Crippen molar-refractivity contribution in [1.82, 2.24) is 0 Å². The molecule has 2 aromatic carbocycles. The second-order valence-electron chi connectivity index (χ2n) is 6.17. The zero-order valence-corrected chi connectivity index (χ0v) is 15.4. The van der Waals surface area contributed by atoms with E-state index < -0.39 is 0 Å². The van der Waals surface area contributed by atoms with E-state index in [2.05, 4.69) is 19.2 Å². The zero-order chi connectivity index (χ0) is 18.8. The van der Waals surface area contributed by atoms with Gasteiger partial charge in [0.1, 0.15) is 11.5 Å². The molecule has 0 spiro atoms. The number of rotatable bonds is 9. The summed E-state index contributed by atoms with van der Waals surface area (Å²) in [5.41, 5.74) is 1.63. The molecule has 0 aliphatic heterocycles. The molecule has 0 aromatic heterocycles. The van der Waals surface area contributed by atoms with Gasteiger partial charge in [0.15, 0.2) is 6.79 Å². The first-order valence-corrected chi connectivity index (χ1v) is 8.50. The van der Waals surface area contributed by atoms with Crippen LogP contribution in [0, 0.1) is 5.92 Å². The molecule has 0 radical (unpaired) electrons. The second-order valence-corrected chi connectivity index (χ2v) is 6.17. The van der Waals surface area contributed by atoms with E-state index in [1.807, 2.05) is 48.5 Å². The van der Waals surface area contributed by atoms with Gasteiger partial charge in [0.2, 0.25) is 5.91 Å². The monoisotopic (exact) mass is 355 g/mol. The lowest BCUT2D eigenvalue weighted by Gasteiger charge is -2.09. The Balaban J connectivity index is 1.84. The maximum absolute atomic E-state index is 12.0. The molecule has 5 nitrogen and oxygen atoms in total. The Labute approximate surface area is 154 Å². The highest BCUT2D eigenvalue weighted by Crippen LogP contribution is 2.17. The Morgan fingerprint density at radius 2 is 1.62 bits per heavy atom. The fourth-order valence-corrected chi connectivity index (χ4v) is 2.06. The minimum Gasteiger partial charge on any atom is -0.493 e. The molecule has 1 amide bonds. The fraction of sp³-hybridized carbons (Fsp3) is 0.286. The van der Waals surface area contributed by atoms with E-state index >= 15 is 0 Å². The number of methoxy groups -OCH3 is 1. The smallest absolute Gasteiger partial charge is 0.248 e. The molecule has 0 unspecified atom stereocenters. The molecule has 0 heterocycles. The first kappa shape index (κ1) is 19.5. The highest BCUT2D eigenvalue weighted by Gasteiger charge is 2.01. The summed E-state index contributed by atoms with van der Waals surface area (Å²) < 4.78 is 15.8. The molecule has 138 valence electrons. The Kier molecular flexibility index (Phi) is 7.71. The number of carbonyl (C=O) groups excluding carboxylic acids is 1. The summed E-state index contributed by atoms with van der Waals surface area (Å²) >= 11 is 0. The van der Waals surface area contributed by atoms with E-state index in [1.54, 1.807) is 13.2 Å². The van der Waals surface area contributed by atoms with Crippen molar-refractivity contribution >= 4 is 17.7 Å². The topological polar surface area (TPSA) is 56.8 Å². The Morgan fingerprint density at radius 1 is 1.00 bits per heavy atom. The molecule has 1 N–H and O–H groups in total. The van der Waals surface area contributed by atoms with Crippen molar-refractivity contribution < 1.29 is 19.0 Å². The molecule has 26 heavy (non-hydrogen) atoms. The SMILES string of the molecule is COCOc1ccc(/C=C/C(=O)Nc2ccc(OCC(C)C)cc2)cc1. The van der Waals surface area contributed by atoms with E-state index in [-0.39, 0.29) is 12.7 Å². The van der Waals surface area contributed by atoms with Gasteiger partial charge in [0, 0.05) is 18.9 Å². The molecule has 2 rings (SSSR count). The summed E-state index contributed by atoms with van der Waals surface area (Å²) in [5, 5.41) is 2.82. The quantitative estimate of drug-likeness (QED) is 0.536. The highest BCUT2D eigenvalue weighted by atomic mass is 16.7. The van der Waals surface area contributed by atoms with Crippen molar-refractivity contribution in [1.29, 1.82) is 0 Å². The summed E-state index contributed by atoms with van der Waals surface area (Å²) in [5.74, 6) is 1.79. The fourth-order valence-electron chi connectivity index (χ4n) is 2.06. The van der Waals surface area contributed by atoms with Crippen LogP contribution in [0.15, 0.2) is 54.6 Å². The number of benzene rings is 2. The summed E-state index contributed by atoms with van der Waals surface area (Å²) in [6.07, 6.45) is 3.24. The van der Waals surface area contributed by atoms with Gasteiger partial charge in [-0.1, -0.05) is 26.0 Å². The van der Waals surface area contributed by atoms with E-state index in [4.69, 9.17) is 14.2 Å². The normalized spacial score (nSPS) is 10.9. The van der Waals surface area contributed by atoms with Crippen LogP contribution in [0.2, 0.25) is 0 Å². The summed E-state index contributed by atoms with van der Waals surface area (Å²) in [4.78, 5) is 12.0. The Hall–Kier alpha value is -2.79. The molecular formula is C21H25NO4. The first-order chi connectivity index (χ1) is 12.6. The van der Waals surface area contributed by atoms with Crippen molar-refractivity contribution in [2.75, 3.05) is 25.8 Å². The Morgan fingerprint density at radius 3 is 2.23 bits per heavy atom. The van der Waals surface area contributed by atoms with Gasteiger partial charge in [-0.3, -0.25) is 4.79 Å². The van der Waals surface area contributed by atoms with Crippen molar-refractivity contribution in [2.24, 2.45) is 5.92 Å². The van der Waals surface area contributed by atoms with Crippen molar-refractivity contribution in [3.05, 3.63) is 60.2 Å². The van der Waals surface area contributed by atoms with Crippen LogP contribution in [0.3, 0.4) is 0 Å². The number of hydrogen-bond donors (Lipinski definition) is 1. The average molecular weight is 355 g/mol. The van der Waals surface area contributed by atoms with Crippen LogP contribution in [-0.2, 0) is 9.53 Å². The van der Waals surface area contributed by atoms with Gasteiger partial charge in [-0.2, -0.15) is 0 Å². The zero-order valence-electron chi connectivity index (χ0n) is 15.4. The number of hydrogen-bond acceptors (Lipinski definition) is 4. The van der Waals surface area contributed by atoms with Crippen molar-refractivity contribution in [2.45, 2.75) is 13.8 Å². The summed E-state index contributed by atoms with van der Waals surface area (Å²) in [7, 11) is 1.57. The average Bonchev–Trinajstić information content (AvgIpc) is 2.65. The van der Waals surface area contributed by atoms with Gasteiger partial charge in [-0.25, -0.2) is 0 Å². The molecule has 0 saturated heterocycles. The molecular weight excluding hydrogens is 330 g/mol. The lowest BCUT2D eigenvalue weighted by atomic mass is 10.2. The van der Waals surface area contributed by atoms with Gasteiger partial charge in [-0.15, -0.1) is 0 Å². The Bertz CT molecular complexity index is 706. The molecule has 2 aromatic rings. The lowest BCUT2D eigenvalue weighted by molar-refractivity contribution is -0.111.